The third kappa shape index (κ3) is 4.04. The summed E-state index contributed by atoms with van der Waals surface area (Å²) in [7, 11) is 3.48. The molecule has 1 aromatic rings. The molecule has 0 saturated heterocycles. The minimum atomic E-state index is -0.0847. The van der Waals surface area contributed by atoms with Crippen LogP contribution in [-0.2, 0) is 0 Å². The fourth-order valence-electron chi connectivity index (χ4n) is 1.78. The zero-order chi connectivity index (χ0) is 13.5. The van der Waals surface area contributed by atoms with E-state index in [-0.39, 0.29) is 5.91 Å². The average Bonchev–Trinajstić information content (AvgIpc) is 2.36. The van der Waals surface area contributed by atoms with Crippen LogP contribution < -0.4 is 15.4 Å². The van der Waals surface area contributed by atoms with Crippen molar-refractivity contribution in [2.75, 3.05) is 27.2 Å². The molecule has 0 aromatic heterocycles. The number of methoxy groups -OCH3 is 1. The molecule has 0 radical (unpaired) electrons. The largest absolute Gasteiger partial charge is 0.496 e. The fraction of sp³-hybridized carbons (Fsp3) is 0.500. The summed E-state index contributed by atoms with van der Waals surface area (Å²) in [6.07, 6.45) is 0. The van der Waals surface area contributed by atoms with Gasteiger partial charge in [0.15, 0.2) is 0 Å². The molecule has 18 heavy (non-hydrogen) atoms. The fourth-order valence-corrected chi connectivity index (χ4v) is 1.78. The van der Waals surface area contributed by atoms with Crippen molar-refractivity contribution in [1.82, 2.24) is 10.6 Å². The Morgan fingerprint density at radius 1 is 1.39 bits per heavy atom. The third-order valence-corrected chi connectivity index (χ3v) is 2.76. The zero-order valence-electron chi connectivity index (χ0n) is 11.5. The molecular weight excluding hydrogens is 228 g/mol. The first-order valence-corrected chi connectivity index (χ1v) is 6.16. The zero-order valence-corrected chi connectivity index (χ0v) is 11.5. The van der Waals surface area contributed by atoms with Gasteiger partial charge in [-0.3, -0.25) is 4.79 Å². The Morgan fingerprint density at radius 3 is 2.72 bits per heavy atom. The lowest BCUT2D eigenvalue weighted by Gasteiger charge is -2.13. The Bertz CT molecular complexity index is 405. The van der Waals surface area contributed by atoms with Gasteiger partial charge in [0.25, 0.3) is 5.91 Å². The van der Waals surface area contributed by atoms with E-state index >= 15 is 0 Å². The van der Waals surface area contributed by atoms with Crippen LogP contribution in [0.15, 0.2) is 18.2 Å². The first kappa shape index (κ1) is 14.5. The van der Waals surface area contributed by atoms with Crippen molar-refractivity contribution in [2.24, 2.45) is 5.92 Å². The monoisotopic (exact) mass is 250 g/mol. The minimum absolute atomic E-state index is 0.0847. The lowest BCUT2D eigenvalue weighted by Crippen LogP contribution is -2.32. The number of carbonyl (C=O) groups excluding carboxylic acids is 1. The minimum Gasteiger partial charge on any atom is -0.496 e. The lowest BCUT2D eigenvalue weighted by atomic mass is 10.1. The van der Waals surface area contributed by atoms with E-state index < -0.39 is 0 Å². The van der Waals surface area contributed by atoms with Gasteiger partial charge in [-0.1, -0.05) is 18.6 Å². The Kier molecular flexibility index (Phi) is 5.65. The predicted molar refractivity (Wildman–Crippen MR) is 73.2 cm³/mol. The van der Waals surface area contributed by atoms with Crippen molar-refractivity contribution >= 4 is 5.91 Å². The molecule has 1 unspecified atom stereocenters. The van der Waals surface area contributed by atoms with Crippen LogP contribution in [0.5, 0.6) is 5.75 Å². The molecule has 2 N–H and O–H groups in total. The van der Waals surface area contributed by atoms with Crippen molar-refractivity contribution in [2.45, 2.75) is 13.8 Å². The second kappa shape index (κ2) is 7.01. The summed E-state index contributed by atoms with van der Waals surface area (Å²) in [6, 6.07) is 5.59. The van der Waals surface area contributed by atoms with Gasteiger partial charge in [0.2, 0.25) is 0 Å². The van der Waals surface area contributed by atoms with Crippen molar-refractivity contribution in [1.29, 1.82) is 0 Å². The second-order valence-electron chi connectivity index (χ2n) is 4.58. The number of hydrogen-bond acceptors (Lipinski definition) is 3. The van der Waals surface area contributed by atoms with Gasteiger partial charge >= 0.3 is 0 Å². The van der Waals surface area contributed by atoms with Crippen LogP contribution in [0.2, 0.25) is 0 Å². The van der Waals surface area contributed by atoms with E-state index in [0.717, 1.165) is 12.1 Å². The summed E-state index contributed by atoms with van der Waals surface area (Å²) in [5.74, 6) is 0.924. The maximum Gasteiger partial charge on any atom is 0.255 e. The van der Waals surface area contributed by atoms with Gasteiger partial charge < -0.3 is 15.4 Å². The van der Waals surface area contributed by atoms with Gasteiger partial charge in [-0.05, 0) is 38.6 Å². The summed E-state index contributed by atoms with van der Waals surface area (Å²) in [5, 5.41) is 6.01. The van der Waals surface area contributed by atoms with Crippen LogP contribution in [0.25, 0.3) is 0 Å². The van der Waals surface area contributed by atoms with Gasteiger partial charge in [0, 0.05) is 6.54 Å². The Balaban J connectivity index is 2.68. The number of aryl methyl sites for hydroxylation is 1. The molecule has 0 aliphatic carbocycles. The van der Waals surface area contributed by atoms with Crippen LogP contribution in [0, 0.1) is 12.8 Å². The highest BCUT2D eigenvalue weighted by Gasteiger charge is 2.12. The van der Waals surface area contributed by atoms with Crippen molar-refractivity contribution < 1.29 is 9.53 Å². The normalized spacial score (nSPS) is 12.0. The number of benzene rings is 1. The average molecular weight is 250 g/mol. The maximum atomic E-state index is 12.1. The van der Waals surface area contributed by atoms with Crippen LogP contribution >= 0.6 is 0 Å². The standard InChI is InChI=1S/C14H22N2O2/c1-10-5-6-13(18-4)12(7-10)14(17)16-9-11(2)8-15-3/h5-7,11,15H,8-9H2,1-4H3,(H,16,17). The molecule has 0 aliphatic rings. The van der Waals surface area contributed by atoms with Gasteiger partial charge in [0.05, 0.1) is 12.7 Å². The molecule has 1 aromatic carbocycles. The summed E-state index contributed by atoms with van der Waals surface area (Å²) in [6.45, 7) is 5.58. The summed E-state index contributed by atoms with van der Waals surface area (Å²) < 4.78 is 5.20. The van der Waals surface area contributed by atoms with Gasteiger partial charge in [-0.2, -0.15) is 0 Å². The number of amides is 1. The Morgan fingerprint density at radius 2 is 2.11 bits per heavy atom. The summed E-state index contributed by atoms with van der Waals surface area (Å²) in [4.78, 5) is 12.1. The highest BCUT2D eigenvalue weighted by atomic mass is 16.5. The molecule has 0 heterocycles. The smallest absolute Gasteiger partial charge is 0.255 e. The molecule has 1 atom stereocenters. The van der Waals surface area contributed by atoms with Crippen LogP contribution in [0.1, 0.15) is 22.8 Å². The van der Waals surface area contributed by atoms with Crippen molar-refractivity contribution in [3.05, 3.63) is 29.3 Å². The van der Waals surface area contributed by atoms with Crippen LogP contribution in [0.3, 0.4) is 0 Å². The number of ether oxygens (including phenoxy) is 1. The summed E-state index contributed by atoms with van der Waals surface area (Å²) >= 11 is 0. The van der Waals surface area contributed by atoms with E-state index in [2.05, 4.69) is 17.6 Å². The number of rotatable bonds is 6. The van der Waals surface area contributed by atoms with Crippen molar-refractivity contribution in [3.63, 3.8) is 0 Å². The molecule has 0 fully saturated rings. The third-order valence-electron chi connectivity index (χ3n) is 2.76. The molecule has 1 rings (SSSR count). The Hall–Kier alpha value is -1.55. The van der Waals surface area contributed by atoms with Gasteiger partial charge in [-0.25, -0.2) is 0 Å². The van der Waals surface area contributed by atoms with Gasteiger partial charge in [-0.15, -0.1) is 0 Å². The van der Waals surface area contributed by atoms with Crippen LogP contribution in [-0.4, -0.2) is 33.2 Å². The first-order valence-electron chi connectivity index (χ1n) is 6.16. The predicted octanol–water partition coefficient (Wildman–Crippen LogP) is 1.59. The Labute approximate surface area is 109 Å². The lowest BCUT2D eigenvalue weighted by molar-refractivity contribution is 0.0945. The number of hydrogen-bond donors (Lipinski definition) is 2. The van der Waals surface area contributed by atoms with E-state index in [4.69, 9.17) is 4.74 Å². The van der Waals surface area contributed by atoms with Crippen LogP contribution in [0.4, 0.5) is 0 Å². The molecule has 1 amide bonds. The highest BCUT2D eigenvalue weighted by Crippen LogP contribution is 2.19. The molecule has 4 nitrogen and oxygen atoms in total. The molecular formula is C14H22N2O2. The maximum absolute atomic E-state index is 12.1. The number of nitrogens with one attached hydrogen (secondary N) is 2. The molecule has 0 spiro atoms. The van der Waals surface area contributed by atoms with E-state index in [1.165, 1.54) is 0 Å². The highest BCUT2D eigenvalue weighted by molar-refractivity contribution is 5.97. The second-order valence-corrected chi connectivity index (χ2v) is 4.58. The van der Waals surface area contributed by atoms with E-state index in [9.17, 15) is 4.79 Å². The molecule has 100 valence electrons. The molecule has 0 aliphatic heterocycles. The van der Waals surface area contributed by atoms with E-state index in [1.54, 1.807) is 7.11 Å². The number of carbonyl (C=O) groups is 1. The van der Waals surface area contributed by atoms with E-state index in [1.807, 2.05) is 32.2 Å². The SMILES string of the molecule is CNCC(C)CNC(=O)c1cc(C)ccc1OC. The van der Waals surface area contributed by atoms with E-state index in [0.29, 0.717) is 23.8 Å². The topological polar surface area (TPSA) is 50.4 Å². The quantitative estimate of drug-likeness (QED) is 0.806. The molecule has 4 heteroatoms. The van der Waals surface area contributed by atoms with Crippen molar-refractivity contribution in [3.8, 4) is 5.75 Å². The molecule has 0 saturated carbocycles. The summed E-state index contributed by atoms with van der Waals surface area (Å²) in [5.41, 5.74) is 1.64. The van der Waals surface area contributed by atoms with Gasteiger partial charge in [0.1, 0.15) is 5.75 Å². The molecule has 0 bridgehead atoms. The first-order chi connectivity index (χ1) is 8.58.